The van der Waals surface area contributed by atoms with Crippen LogP contribution < -0.4 is 22.9 Å². The van der Waals surface area contributed by atoms with E-state index in [1.54, 1.807) is 0 Å². The van der Waals surface area contributed by atoms with Gasteiger partial charge >= 0.3 is 10.4 Å². The molecule has 0 bridgehead atoms. The van der Waals surface area contributed by atoms with E-state index in [1.807, 2.05) is 0 Å². The van der Waals surface area contributed by atoms with Crippen LogP contribution in [0.5, 0.6) is 0 Å². The molecule has 0 aromatic rings. The van der Waals surface area contributed by atoms with E-state index in [2.05, 4.69) is 0 Å². The van der Waals surface area contributed by atoms with Crippen molar-refractivity contribution in [1.82, 2.24) is 0 Å². The zero-order chi connectivity index (χ0) is 21.1. The fourth-order valence-corrected chi connectivity index (χ4v) is 2.89. The van der Waals surface area contributed by atoms with Crippen molar-refractivity contribution in [3.05, 3.63) is 0 Å². The molecule has 27 heavy (non-hydrogen) atoms. The maximum Gasteiger partial charge on any atom is 0.394 e. The number of aliphatic hydroxyl groups excluding tert-OH is 4. The molecule has 1 aliphatic heterocycles. The predicted molar refractivity (Wildman–Crippen MR) is 89.3 cm³/mol. The van der Waals surface area contributed by atoms with Gasteiger partial charge in [0.2, 0.25) is 0 Å². The zero-order valence-corrected chi connectivity index (χ0v) is 15.0. The average Bonchev–Trinajstić information content (AvgIpc) is 2.55. The molecule has 0 amide bonds. The van der Waals surface area contributed by atoms with Crippen molar-refractivity contribution < 1.29 is 47.4 Å². The van der Waals surface area contributed by atoms with Gasteiger partial charge in [-0.2, -0.15) is 8.42 Å². The lowest BCUT2D eigenvalue weighted by Crippen LogP contribution is -2.67. The van der Waals surface area contributed by atoms with E-state index in [-0.39, 0.29) is 13.0 Å². The highest BCUT2D eigenvalue weighted by Crippen LogP contribution is 2.26. The molecule has 0 radical (unpaired) electrons. The van der Waals surface area contributed by atoms with Crippen LogP contribution in [0.15, 0.2) is 0 Å². The molecule has 2 rings (SSSR count). The zero-order valence-electron chi connectivity index (χ0n) is 14.2. The first-order chi connectivity index (χ1) is 12.3. The van der Waals surface area contributed by atoms with E-state index in [0.717, 1.165) is 0 Å². The first-order valence-corrected chi connectivity index (χ1v) is 9.37. The Hall–Kier alpha value is -0.530. The SMILES string of the molecule is NC[C@H]1OC(O[C@@H]2[C@H](O)[C@@H](O)[C@H](N)C[C@@H]2N)[C@@H](N)[C@H](O)[C@H]1O.O=S(=O)(O)O. The Morgan fingerprint density at radius 3 is 1.93 bits per heavy atom. The number of aliphatic hydroxyl groups is 4. The number of ether oxygens (including phenoxy) is 2. The van der Waals surface area contributed by atoms with Crippen LogP contribution in [0.1, 0.15) is 6.42 Å². The summed E-state index contributed by atoms with van der Waals surface area (Å²) in [5, 5.41) is 39.6. The Labute approximate surface area is 155 Å². The number of rotatable bonds is 3. The largest absolute Gasteiger partial charge is 0.394 e. The first kappa shape index (κ1) is 24.5. The number of nitrogens with two attached hydrogens (primary N) is 4. The van der Waals surface area contributed by atoms with Gasteiger partial charge in [0.1, 0.15) is 30.5 Å². The highest BCUT2D eigenvalue weighted by Gasteiger charge is 2.47. The van der Waals surface area contributed by atoms with Crippen molar-refractivity contribution in [2.24, 2.45) is 22.9 Å². The Morgan fingerprint density at radius 1 is 0.926 bits per heavy atom. The summed E-state index contributed by atoms with van der Waals surface area (Å²) in [5.41, 5.74) is 22.8. The minimum atomic E-state index is -4.67. The van der Waals surface area contributed by atoms with Gasteiger partial charge in [-0.3, -0.25) is 9.11 Å². The third-order valence-electron chi connectivity index (χ3n) is 4.36. The Kier molecular flexibility index (Phi) is 8.89. The highest BCUT2D eigenvalue weighted by atomic mass is 32.3. The summed E-state index contributed by atoms with van der Waals surface area (Å²) >= 11 is 0. The summed E-state index contributed by atoms with van der Waals surface area (Å²) in [7, 11) is -4.67. The average molecular weight is 420 g/mol. The summed E-state index contributed by atoms with van der Waals surface area (Å²) in [6.07, 6.45) is -7.73. The van der Waals surface area contributed by atoms with E-state index in [1.165, 1.54) is 0 Å². The molecule has 162 valence electrons. The van der Waals surface area contributed by atoms with Gasteiger partial charge in [-0.1, -0.05) is 0 Å². The van der Waals surface area contributed by atoms with E-state index >= 15 is 0 Å². The number of hydrogen-bond donors (Lipinski definition) is 10. The fraction of sp³-hybridized carbons (Fsp3) is 1.00. The van der Waals surface area contributed by atoms with Crippen molar-refractivity contribution in [1.29, 1.82) is 0 Å². The van der Waals surface area contributed by atoms with Crippen LogP contribution in [-0.4, -0.2) is 106 Å². The molecule has 14 N–H and O–H groups in total. The van der Waals surface area contributed by atoms with Crippen LogP contribution >= 0.6 is 0 Å². The standard InChI is InChI=1S/C12H26N4O6.H2O4S/c13-2-5-8(18)9(19)6(16)12(21-5)22-11-4(15)1-3(14)7(17)10(11)20;1-5(2,3)4/h3-12,17-20H,1-2,13-16H2;(H2,1,2,3,4)/t3-,4+,5-,6+,7+,8+,9+,10-,11+,12?;/m1./s1. The maximum absolute atomic E-state index is 10.1. The molecule has 1 saturated heterocycles. The van der Waals surface area contributed by atoms with E-state index in [0.29, 0.717) is 0 Å². The third-order valence-corrected chi connectivity index (χ3v) is 4.36. The van der Waals surface area contributed by atoms with Crippen LogP contribution in [0.4, 0.5) is 0 Å². The van der Waals surface area contributed by atoms with Gasteiger partial charge in [-0.25, -0.2) is 0 Å². The van der Waals surface area contributed by atoms with Crippen LogP contribution in [0.2, 0.25) is 0 Å². The molecule has 1 saturated carbocycles. The summed E-state index contributed by atoms with van der Waals surface area (Å²) in [6.45, 7) is -0.0441. The molecule has 14 nitrogen and oxygen atoms in total. The molecule has 2 aliphatic rings. The summed E-state index contributed by atoms with van der Waals surface area (Å²) in [5.74, 6) is 0. The lowest BCUT2D eigenvalue weighted by Gasteiger charge is -2.45. The molecule has 15 heteroatoms. The summed E-state index contributed by atoms with van der Waals surface area (Å²) in [4.78, 5) is 0. The Balaban J connectivity index is 0.000000646. The van der Waals surface area contributed by atoms with Crippen molar-refractivity contribution in [2.75, 3.05) is 6.54 Å². The van der Waals surface area contributed by atoms with Crippen LogP contribution in [0.3, 0.4) is 0 Å². The smallest absolute Gasteiger partial charge is 0.389 e. The molecule has 1 heterocycles. The van der Waals surface area contributed by atoms with Crippen molar-refractivity contribution in [2.45, 2.75) is 67.5 Å². The minimum absolute atomic E-state index is 0.0441. The van der Waals surface area contributed by atoms with Crippen molar-refractivity contribution in [3.63, 3.8) is 0 Å². The molecular weight excluding hydrogens is 392 g/mol. The predicted octanol–water partition coefficient (Wildman–Crippen LogP) is -5.77. The maximum atomic E-state index is 10.1. The second-order valence-electron chi connectivity index (χ2n) is 6.43. The van der Waals surface area contributed by atoms with Gasteiger partial charge in [-0.05, 0) is 6.42 Å². The molecule has 0 spiro atoms. The normalized spacial score (nSPS) is 45.7. The van der Waals surface area contributed by atoms with Crippen LogP contribution in [0.25, 0.3) is 0 Å². The van der Waals surface area contributed by atoms with Crippen molar-refractivity contribution >= 4 is 10.4 Å². The minimum Gasteiger partial charge on any atom is -0.389 e. The summed E-state index contributed by atoms with van der Waals surface area (Å²) < 4.78 is 42.6. The van der Waals surface area contributed by atoms with Crippen LogP contribution in [-0.2, 0) is 19.9 Å². The van der Waals surface area contributed by atoms with Gasteiger partial charge in [0.25, 0.3) is 0 Å². The Morgan fingerprint density at radius 2 is 1.44 bits per heavy atom. The third kappa shape index (κ3) is 6.79. The van der Waals surface area contributed by atoms with Gasteiger partial charge in [0.05, 0.1) is 12.1 Å². The molecule has 2 fully saturated rings. The second-order valence-corrected chi connectivity index (χ2v) is 7.33. The first-order valence-electron chi connectivity index (χ1n) is 7.97. The molecule has 10 atom stereocenters. The van der Waals surface area contributed by atoms with Gasteiger partial charge in [-0.15, -0.1) is 0 Å². The molecular formula is C12H28N4O10S. The fourth-order valence-electron chi connectivity index (χ4n) is 2.89. The van der Waals surface area contributed by atoms with E-state index < -0.39 is 71.4 Å². The lowest BCUT2D eigenvalue weighted by molar-refractivity contribution is -0.287. The number of hydrogen-bond acceptors (Lipinski definition) is 12. The highest BCUT2D eigenvalue weighted by molar-refractivity contribution is 7.79. The Bertz CT molecular complexity index is 558. The molecule has 1 aliphatic carbocycles. The van der Waals surface area contributed by atoms with Gasteiger partial charge in [0, 0.05) is 18.6 Å². The summed E-state index contributed by atoms with van der Waals surface area (Å²) in [6, 6.07) is -2.34. The van der Waals surface area contributed by atoms with E-state index in [9.17, 15) is 20.4 Å². The molecule has 1 unspecified atom stereocenters. The van der Waals surface area contributed by atoms with Gasteiger partial charge in [0.15, 0.2) is 6.29 Å². The topological polar surface area (TPSA) is 278 Å². The molecule has 0 aromatic carbocycles. The monoisotopic (exact) mass is 420 g/mol. The lowest BCUT2D eigenvalue weighted by atomic mass is 9.84. The molecule has 0 aromatic heterocycles. The van der Waals surface area contributed by atoms with Crippen molar-refractivity contribution in [3.8, 4) is 0 Å². The van der Waals surface area contributed by atoms with Gasteiger partial charge < -0.3 is 52.8 Å². The van der Waals surface area contributed by atoms with Crippen LogP contribution in [0, 0.1) is 0 Å². The quantitative estimate of drug-likeness (QED) is 0.190. The second kappa shape index (κ2) is 9.79. The van der Waals surface area contributed by atoms with E-state index in [4.69, 9.17) is 49.9 Å².